The number of carbonyl (C=O) groups is 1. The summed E-state index contributed by atoms with van der Waals surface area (Å²) in [4.78, 5) is 12.7. The van der Waals surface area contributed by atoms with Crippen molar-refractivity contribution in [1.29, 1.82) is 0 Å². The van der Waals surface area contributed by atoms with Crippen LogP contribution >= 0.6 is 22.6 Å². The SMILES string of the molecule is CC(=O)N1CCC[C@@H]1I. The van der Waals surface area contributed by atoms with Crippen LogP contribution in [-0.2, 0) is 4.79 Å². The second kappa shape index (κ2) is 2.86. The summed E-state index contributed by atoms with van der Waals surface area (Å²) in [6.07, 6.45) is 2.34. The highest BCUT2D eigenvalue weighted by Gasteiger charge is 2.22. The van der Waals surface area contributed by atoms with Crippen molar-refractivity contribution in [1.82, 2.24) is 4.90 Å². The molecule has 2 nitrogen and oxygen atoms in total. The molecule has 1 atom stereocenters. The van der Waals surface area contributed by atoms with Crippen molar-refractivity contribution in [3.05, 3.63) is 0 Å². The highest BCUT2D eigenvalue weighted by atomic mass is 127. The van der Waals surface area contributed by atoms with Crippen LogP contribution in [0, 0.1) is 0 Å². The standard InChI is InChI=1S/C6H10INO/c1-5(9)8-4-2-3-6(8)7/h6H,2-4H2,1H3/t6-/m1/s1. The van der Waals surface area contributed by atoms with E-state index in [1.165, 1.54) is 12.8 Å². The molecule has 1 rings (SSSR count). The van der Waals surface area contributed by atoms with Gasteiger partial charge in [0.1, 0.15) is 0 Å². The molecule has 0 bridgehead atoms. The van der Waals surface area contributed by atoms with E-state index in [0.717, 1.165) is 6.54 Å². The van der Waals surface area contributed by atoms with Crippen LogP contribution in [0.15, 0.2) is 0 Å². The monoisotopic (exact) mass is 239 g/mol. The van der Waals surface area contributed by atoms with Gasteiger partial charge in [0.2, 0.25) is 5.91 Å². The minimum Gasteiger partial charge on any atom is -0.331 e. The van der Waals surface area contributed by atoms with Crippen molar-refractivity contribution in [3.63, 3.8) is 0 Å². The number of hydrogen-bond acceptors (Lipinski definition) is 1. The van der Waals surface area contributed by atoms with E-state index in [0.29, 0.717) is 4.05 Å². The van der Waals surface area contributed by atoms with E-state index in [1.54, 1.807) is 6.92 Å². The Kier molecular flexibility index (Phi) is 2.32. The second-order valence-corrected chi connectivity index (χ2v) is 3.73. The van der Waals surface area contributed by atoms with Crippen molar-refractivity contribution < 1.29 is 4.79 Å². The van der Waals surface area contributed by atoms with Gasteiger partial charge >= 0.3 is 0 Å². The van der Waals surface area contributed by atoms with Gasteiger partial charge in [-0.05, 0) is 12.8 Å². The van der Waals surface area contributed by atoms with Gasteiger partial charge in [0.25, 0.3) is 0 Å². The average molecular weight is 239 g/mol. The van der Waals surface area contributed by atoms with E-state index >= 15 is 0 Å². The molecule has 0 radical (unpaired) electrons. The summed E-state index contributed by atoms with van der Waals surface area (Å²) in [5.41, 5.74) is 0. The Morgan fingerprint density at radius 3 is 2.67 bits per heavy atom. The van der Waals surface area contributed by atoms with Gasteiger partial charge < -0.3 is 4.90 Å². The van der Waals surface area contributed by atoms with Crippen LogP contribution in [0.25, 0.3) is 0 Å². The molecule has 9 heavy (non-hydrogen) atoms. The highest BCUT2D eigenvalue weighted by molar-refractivity contribution is 14.1. The predicted octanol–water partition coefficient (Wildman–Crippen LogP) is 1.39. The molecule has 0 aromatic heterocycles. The number of likely N-dealkylation sites (tertiary alicyclic amines) is 1. The Morgan fingerprint density at radius 1 is 1.78 bits per heavy atom. The predicted molar refractivity (Wildman–Crippen MR) is 44.4 cm³/mol. The van der Waals surface area contributed by atoms with Gasteiger partial charge in [0.15, 0.2) is 0 Å². The Morgan fingerprint density at radius 2 is 2.44 bits per heavy atom. The van der Waals surface area contributed by atoms with E-state index < -0.39 is 0 Å². The Bertz CT molecular complexity index is 126. The maximum Gasteiger partial charge on any atom is 0.220 e. The number of carbonyl (C=O) groups excluding carboxylic acids is 1. The fourth-order valence-electron chi connectivity index (χ4n) is 1.08. The lowest BCUT2D eigenvalue weighted by atomic mass is 10.4. The van der Waals surface area contributed by atoms with Gasteiger partial charge in [0.05, 0.1) is 4.05 Å². The van der Waals surface area contributed by atoms with Crippen molar-refractivity contribution >= 4 is 28.5 Å². The summed E-state index contributed by atoms with van der Waals surface area (Å²) in [6.45, 7) is 2.60. The fraction of sp³-hybridized carbons (Fsp3) is 0.833. The molecule has 1 saturated heterocycles. The number of halogens is 1. The normalized spacial score (nSPS) is 26.9. The molecule has 0 N–H and O–H groups in total. The van der Waals surface area contributed by atoms with Crippen LogP contribution in [0.4, 0.5) is 0 Å². The lowest BCUT2D eigenvalue weighted by molar-refractivity contribution is -0.128. The summed E-state index contributed by atoms with van der Waals surface area (Å²) in [7, 11) is 0. The first-order chi connectivity index (χ1) is 4.22. The average Bonchev–Trinajstić information content (AvgIpc) is 2.13. The molecule has 1 aliphatic rings. The molecule has 0 spiro atoms. The number of alkyl halides is 1. The smallest absolute Gasteiger partial charge is 0.220 e. The quantitative estimate of drug-likeness (QED) is 0.355. The van der Waals surface area contributed by atoms with Crippen LogP contribution in [0.3, 0.4) is 0 Å². The van der Waals surface area contributed by atoms with Gasteiger partial charge in [-0.15, -0.1) is 0 Å². The Hall–Kier alpha value is 0.200. The molecule has 1 amide bonds. The van der Waals surface area contributed by atoms with Gasteiger partial charge in [-0.25, -0.2) is 0 Å². The Balaban J connectivity index is 2.49. The molecule has 0 aliphatic carbocycles. The van der Waals surface area contributed by atoms with Crippen LogP contribution in [-0.4, -0.2) is 21.4 Å². The summed E-state index contributed by atoms with van der Waals surface area (Å²) in [6, 6.07) is 0. The minimum absolute atomic E-state index is 0.215. The number of nitrogens with zero attached hydrogens (tertiary/aromatic N) is 1. The molecule has 0 saturated carbocycles. The molecule has 0 unspecified atom stereocenters. The van der Waals surface area contributed by atoms with Crippen LogP contribution < -0.4 is 0 Å². The summed E-state index contributed by atoms with van der Waals surface area (Å²) >= 11 is 2.31. The Labute approximate surface area is 68.7 Å². The van der Waals surface area contributed by atoms with Crippen LogP contribution in [0.1, 0.15) is 19.8 Å². The van der Waals surface area contributed by atoms with Gasteiger partial charge in [0, 0.05) is 13.5 Å². The minimum atomic E-state index is 0.215. The first-order valence-corrected chi connectivity index (χ1v) is 4.37. The van der Waals surface area contributed by atoms with Crippen molar-refractivity contribution in [3.8, 4) is 0 Å². The largest absolute Gasteiger partial charge is 0.331 e. The summed E-state index contributed by atoms with van der Waals surface area (Å²) in [5, 5.41) is 0. The van der Waals surface area contributed by atoms with E-state index in [4.69, 9.17) is 0 Å². The summed E-state index contributed by atoms with van der Waals surface area (Å²) in [5.74, 6) is 0.215. The zero-order valence-electron chi connectivity index (χ0n) is 5.43. The lowest BCUT2D eigenvalue weighted by Gasteiger charge is -2.16. The zero-order valence-corrected chi connectivity index (χ0v) is 7.59. The lowest BCUT2D eigenvalue weighted by Crippen LogP contribution is -2.29. The molecule has 0 aromatic carbocycles. The van der Waals surface area contributed by atoms with Crippen molar-refractivity contribution in [2.75, 3.05) is 6.54 Å². The first kappa shape index (κ1) is 7.31. The summed E-state index contributed by atoms with van der Waals surface area (Å²) < 4.78 is 0.458. The van der Waals surface area contributed by atoms with E-state index in [2.05, 4.69) is 22.6 Å². The number of hydrogen-bond donors (Lipinski definition) is 0. The second-order valence-electron chi connectivity index (χ2n) is 2.29. The molecule has 1 fully saturated rings. The molecule has 1 aliphatic heterocycles. The molecule has 3 heteroatoms. The fourth-order valence-corrected chi connectivity index (χ4v) is 2.19. The van der Waals surface area contributed by atoms with E-state index in [1.807, 2.05) is 4.90 Å². The first-order valence-electron chi connectivity index (χ1n) is 3.13. The third kappa shape index (κ3) is 1.56. The molecular formula is C6H10INO. The van der Waals surface area contributed by atoms with Crippen molar-refractivity contribution in [2.45, 2.75) is 23.8 Å². The molecule has 1 heterocycles. The van der Waals surface area contributed by atoms with E-state index in [-0.39, 0.29) is 5.91 Å². The molecular weight excluding hydrogens is 229 g/mol. The van der Waals surface area contributed by atoms with Crippen LogP contribution in [0.5, 0.6) is 0 Å². The third-order valence-corrected chi connectivity index (χ3v) is 2.88. The zero-order chi connectivity index (χ0) is 6.85. The van der Waals surface area contributed by atoms with E-state index in [9.17, 15) is 4.79 Å². The molecule has 0 aromatic rings. The number of rotatable bonds is 0. The van der Waals surface area contributed by atoms with Crippen LogP contribution in [0.2, 0.25) is 0 Å². The van der Waals surface area contributed by atoms with Gasteiger partial charge in [-0.2, -0.15) is 0 Å². The maximum absolute atomic E-state index is 10.8. The topological polar surface area (TPSA) is 20.3 Å². The van der Waals surface area contributed by atoms with Gasteiger partial charge in [-0.3, -0.25) is 4.79 Å². The maximum atomic E-state index is 10.8. The van der Waals surface area contributed by atoms with Crippen molar-refractivity contribution in [2.24, 2.45) is 0 Å². The number of amides is 1. The highest BCUT2D eigenvalue weighted by Crippen LogP contribution is 2.21. The molecule has 52 valence electrons. The third-order valence-electron chi connectivity index (χ3n) is 1.58. The van der Waals surface area contributed by atoms with Gasteiger partial charge in [-0.1, -0.05) is 22.6 Å².